The summed E-state index contributed by atoms with van der Waals surface area (Å²) in [7, 11) is 4.79. The molecule has 0 saturated heterocycles. The minimum absolute atomic E-state index is 0.190. The molecule has 0 aliphatic carbocycles. The standard InChI is InChI=1S/C17H17ClFNO2/c1-20(2)17(21)12-9-8-11(18)10-14(12)16(22-3)13-6-4-5-7-15(13)19/h4-10,16H,1-3H3. The molecule has 5 heteroatoms. The van der Waals surface area contributed by atoms with Gasteiger partial charge in [-0.05, 0) is 29.8 Å². The number of halogens is 2. The van der Waals surface area contributed by atoms with Crippen LogP contribution in [0, 0.1) is 5.82 Å². The number of rotatable bonds is 4. The Bertz CT molecular complexity index is 688. The van der Waals surface area contributed by atoms with Crippen LogP contribution in [0.3, 0.4) is 0 Å². The quantitative estimate of drug-likeness (QED) is 0.854. The molecule has 0 N–H and O–H groups in total. The van der Waals surface area contributed by atoms with E-state index < -0.39 is 11.9 Å². The third-order valence-corrected chi connectivity index (χ3v) is 3.59. The van der Waals surface area contributed by atoms with Crippen molar-refractivity contribution >= 4 is 17.5 Å². The van der Waals surface area contributed by atoms with E-state index in [-0.39, 0.29) is 5.91 Å². The molecular formula is C17H17ClFNO2. The number of amides is 1. The largest absolute Gasteiger partial charge is 0.372 e. The van der Waals surface area contributed by atoms with Crippen LogP contribution >= 0.6 is 11.6 Å². The summed E-state index contributed by atoms with van der Waals surface area (Å²) in [5.74, 6) is -0.581. The van der Waals surface area contributed by atoms with Crippen LogP contribution in [0.4, 0.5) is 4.39 Å². The number of methoxy groups -OCH3 is 1. The summed E-state index contributed by atoms with van der Waals surface area (Å²) in [6.45, 7) is 0. The molecule has 22 heavy (non-hydrogen) atoms. The van der Waals surface area contributed by atoms with Crippen LogP contribution in [-0.2, 0) is 4.74 Å². The van der Waals surface area contributed by atoms with E-state index in [9.17, 15) is 9.18 Å². The molecule has 0 aromatic heterocycles. The van der Waals surface area contributed by atoms with Crippen molar-refractivity contribution in [2.24, 2.45) is 0 Å². The highest BCUT2D eigenvalue weighted by molar-refractivity contribution is 6.30. The molecule has 116 valence electrons. The molecule has 2 aromatic rings. The molecule has 2 rings (SSSR count). The van der Waals surface area contributed by atoms with E-state index in [4.69, 9.17) is 16.3 Å². The van der Waals surface area contributed by atoms with Crippen LogP contribution in [0.1, 0.15) is 27.6 Å². The summed E-state index contributed by atoms with van der Waals surface area (Å²) in [5, 5.41) is 0.462. The molecule has 1 atom stereocenters. The van der Waals surface area contributed by atoms with Gasteiger partial charge in [0.2, 0.25) is 0 Å². The Morgan fingerprint density at radius 2 is 1.86 bits per heavy atom. The highest BCUT2D eigenvalue weighted by Crippen LogP contribution is 2.32. The van der Waals surface area contributed by atoms with Gasteiger partial charge in [-0.1, -0.05) is 29.8 Å². The highest BCUT2D eigenvalue weighted by Gasteiger charge is 2.24. The molecule has 3 nitrogen and oxygen atoms in total. The van der Waals surface area contributed by atoms with Gasteiger partial charge >= 0.3 is 0 Å². The summed E-state index contributed by atoms with van der Waals surface area (Å²) in [6.07, 6.45) is -0.709. The van der Waals surface area contributed by atoms with E-state index in [1.54, 1.807) is 50.5 Å². The van der Waals surface area contributed by atoms with E-state index in [0.717, 1.165) is 0 Å². The van der Waals surface area contributed by atoms with Gasteiger partial charge in [0, 0.05) is 37.4 Å². The van der Waals surface area contributed by atoms with Crippen LogP contribution in [0.15, 0.2) is 42.5 Å². The van der Waals surface area contributed by atoms with Gasteiger partial charge < -0.3 is 9.64 Å². The first-order valence-electron chi connectivity index (χ1n) is 6.74. The van der Waals surface area contributed by atoms with E-state index >= 15 is 0 Å². The molecule has 0 saturated carbocycles. The van der Waals surface area contributed by atoms with Gasteiger partial charge in [0.25, 0.3) is 5.91 Å². The maximum atomic E-state index is 14.1. The van der Waals surface area contributed by atoms with Crippen LogP contribution < -0.4 is 0 Å². The van der Waals surface area contributed by atoms with Crippen molar-refractivity contribution in [3.05, 3.63) is 70.0 Å². The van der Waals surface area contributed by atoms with Crippen molar-refractivity contribution in [1.29, 1.82) is 0 Å². The summed E-state index contributed by atoms with van der Waals surface area (Å²) in [4.78, 5) is 13.8. The molecule has 0 spiro atoms. The second-order valence-corrected chi connectivity index (χ2v) is 5.50. The second-order valence-electron chi connectivity index (χ2n) is 5.07. The van der Waals surface area contributed by atoms with Crippen LogP contribution in [0.25, 0.3) is 0 Å². The number of hydrogen-bond donors (Lipinski definition) is 0. The molecule has 2 aromatic carbocycles. The van der Waals surface area contributed by atoms with Crippen molar-refractivity contribution in [3.63, 3.8) is 0 Å². The number of carbonyl (C=O) groups is 1. The Morgan fingerprint density at radius 3 is 2.45 bits per heavy atom. The molecule has 0 aliphatic rings. The van der Waals surface area contributed by atoms with Crippen LogP contribution in [-0.4, -0.2) is 32.0 Å². The van der Waals surface area contributed by atoms with Crippen LogP contribution in [0.2, 0.25) is 5.02 Å². The Labute approximate surface area is 134 Å². The zero-order chi connectivity index (χ0) is 16.3. The predicted molar refractivity (Wildman–Crippen MR) is 84.7 cm³/mol. The van der Waals surface area contributed by atoms with Gasteiger partial charge in [0.1, 0.15) is 11.9 Å². The van der Waals surface area contributed by atoms with Crippen molar-refractivity contribution in [1.82, 2.24) is 4.90 Å². The number of hydrogen-bond acceptors (Lipinski definition) is 2. The fourth-order valence-electron chi connectivity index (χ4n) is 2.30. The number of carbonyl (C=O) groups excluding carboxylic acids is 1. The minimum atomic E-state index is -0.709. The average Bonchev–Trinajstić information content (AvgIpc) is 2.49. The van der Waals surface area contributed by atoms with E-state index in [0.29, 0.717) is 21.7 Å². The van der Waals surface area contributed by atoms with Crippen molar-refractivity contribution in [3.8, 4) is 0 Å². The minimum Gasteiger partial charge on any atom is -0.372 e. The zero-order valence-electron chi connectivity index (χ0n) is 12.6. The lowest BCUT2D eigenvalue weighted by Gasteiger charge is -2.21. The summed E-state index contributed by atoms with van der Waals surface area (Å²) in [6, 6.07) is 11.2. The Balaban J connectivity index is 2.60. The molecule has 0 fully saturated rings. The zero-order valence-corrected chi connectivity index (χ0v) is 13.4. The van der Waals surface area contributed by atoms with Gasteiger partial charge in [-0.2, -0.15) is 0 Å². The first-order chi connectivity index (χ1) is 10.5. The van der Waals surface area contributed by atoms with E-state index in [2.05, 4.69) is 0 Å². The van der Waals surface area contributed by atoms with Gasteiger partial charge in [-0.3, -0.25) is 4.79 Å². The molecule has 1 unspecified atom stereocenters. The molecule has 0 bridgehead atoms. The fraction of sp³-hybridized carbons (Fsp3) is 0.235. The third kappa shape index (κ3) is 3.29. The summed E-state index contributed by atoms with van der Waals surface area (Å²) >= 11 is 6.06. The number of nitrogens with zero attached hydrogens (tertiary/aromatic N) is 1. The Hall–Kier alpha value is -1.91. The monoisotopic (exact) mass is 321 g/mol. The van der Waals surface area contributed by atoms with Crippen LogP contribution in [0.5, 0.6) is 0 Å². The van der Waals surface area contributed by atoms with Gasteiger partial charge in [0.15, 0.2) is 0 Å². The maximum absolute atomic E-state index is 14.1. The smallest absolute Gasteiger partial charge is 0.253 e. The first kappa shape index (κ1) is 16.5. The third-order valence-electron chi connectivity index (χ3n) is 3.36. The normalized spacial score (nSPS) is 12.0. The number of ether oxygens (including phenoxy) is 1. The summed E-state index contributed by atoms with van der Waals surface area (Å²) < 4.78 is 19.6. The Morgan fingerprint density at radius 1 is 1.18 bits per heavy atom. The fourth-order valence-corrected chi connectivity index (χ4v) is 2.48. The van der Waals surface area contributed by atoms with Crippen molar-refractivity contribution < 1.29 is 13.9 Å². The second kappa shape index (κ2) is 6.90. The van der Waals surface area contributed by atoms with E-state index in [1.807, 2.05) is 0 Å². The van der Waals surface area contributed by atoms with Gasteiger partial charge in [-0.15, -0.1) is 0 Å². The van der Waals surface area contributed by atoms with Crippen molar-refractivity contribution in [2.45, 2.75) is 6.10 Å². The lowest BCUT2D eigenvalue weighted by atomic mass is 9.95. The Kier molecular flexibility index (Phi) is 5.16. The molecular weight excluding hydrogens is 305 g/mol. The lowest BCUT2D eigenvalue weighted by molar-refractivity contribution is 0.0816. The van der Waals surface area contributed by atoms with Crippen molar-refractivity contribution in [2.75, 3.05) is 21.2 Å². The maximum Gasteiger partial charge on any atom is 0.253 e. The number of benzene rings is 2. The first-order valence-corrected chi connectivity index (χ1v) is 7.11. The average molecular weight is 322 g/mol. The van der Waals surface area contributed by atoms with Gasteiger partial charge in [0.05, 0.1) is 0 Å². The van der Waals surface area contributed by atoms with E-state index in [1.165, 1.54) is 18.1 Å². The predicted octanol–water partition coefficient (Wildman–Crippen LogP) is 3.92. The van der Waals surface area contributed by atoms with Gasteiger partial charge in [-0.25, -0.2) is 4.39 Å². The molecule has 0 radical (unpaired) electrons. The molecule has 0 heterocycles. The lowest BCUT2D eigenvalue weighted by Crippen LogP contribution is -2.24. The molecule has 0 aliphatic heterocycles. The SMILES string of the molecule is COC(c1ccccc1F)c1cc(Cl)ccc1C(=O)N(C)C. The summed E-state index contributed by atoms with van der Waals surface area (Å²) in [5.41, 5.74) is 1.34. The highest BCUT2D eigenvalue weighted by atomic mass is 35.5. The molecule has 1 amide bonds. The topological polar surface area (TPSA) is 29.5 Å².